The molecule has 0 spiro atoms. The van der Waals surface area contributed by atoms with Gasteiger partial charge in [0.15, 0.2) is 0 Å². The van der Waals surface area contributed by atoms with Crippen LogP contribution in [0.4, 0.5) is 10.1 Å². The lowest BCUT2D eigenvalue weighted by Crippen LogP contribution is -2.20. The molecule has 132 valence electrons. The fourth-order valence-corrected chi connectivity index (χ4v) is 3.00. The molecule has 2 aromatic rings. The number of anilines is 1. The van der Waals surface area contributed by atoms with E-state index in [-0.39, 0.29) is 32.7 Å². The Balaban J connectivity index is 2.14. The lowest BCUT2D eigenvalue weighted by molar-refractivity contribution is -0.113. The van der Waals surface area contributed by atoms with E-state index < -0.39 is 23.4 Å². The molecule has 1 aromatic carbocycles. The molecule has 0 aliphatic carbocycles. The highest BCUT2D eigenvalue weighted by atomic mass is 35.5. The number of halogens is 2. The second kappa shape index (κ2) is 8.13. The van der Waals surface area contributed by atoms with Crippen LogP contribution in [-0.4, -0.2) is 34.7 Å². The molecule has 25 heavy (non-hydrogen) atoms. The van der Waals surface area contributed by atoms with Crippen LogP contribution in [0.1, 0.15) is 16.1 Å². The number of H-pyrrole nitrogens is 1. The topological polar surface area (TPSA) is 101 Å². The minimum Gasteiger partial charge on any atom is -0.465 e. The van der Waals surface area contributed by atoms with Crippen molar-refractivity contribution >= 4 is 40.9 Å². The van der Waals surface area contributed by atoms with Gasteiger partial charge in [0.05, 0.1) is 23.6 Å². The van der Waals surface area contributed by atoms with Crippen LogP contribution in [0.3, 0.4) is 0 Å². The monoisotopic (exact) mass is 385 g/mol. The van der Waals surface area contributed by atoms with Crippen molar-refractivity contribution in [3.63, 3.8) is 0 Å². The van der Waals surface area contributed by atoms with Crippen LogP contribution in [0.15, 0.2) is 28.0 Å². The smallest absolute Gasteiger partial charge is 0.346 e. The first-order chi connectivity index (χ1) is 11.8. The van der Waals surface area contributed by atoms with Gasteiger partial charge in [0.2, 0.25) is 5.91 Å². The summed E-state index contributed by atoms with van der Waals surface area (Å²) in [4.78, 5) is 41.5. The molecule has 1 amide bonds. The lowest BCUT2D eigenvalue weighted by Gasteiger charge is -2.10. The number of thioether (sulfide) groups is 1. The van der Waals surface area contributed by atoms with Gasteiger partial charge in [0.25, 0.3) is 0 Å². The zero-order valence-electron chi connectivity index (χ0n) is 13.2. The van der Waals surface area contributed by atoms with Crippen LogP contribution < -0.4 is 11.0 Å². The van der Waals surface area contributed by atoms with Gasteiger partial charge in [0, 0.05) is 5.69 Å². The number of esters is 1. The van der Waals surface area contributed by atoms with Gasteiger partial charge in [-0.25, -0.2) is 14.0 Å². The average molecular weight is 386 g/mol. The summed E-state index contributed by atoms with van der Waals surface area (Å²) >= 11 is 6.73. The predicted molar refractivity (Wildman–Crippen MR) is 91.7 cm³/mol. The standard InChI is InChI=1S/C15H13ClFN3O4S/c1-7-12(14(22)24-2)13(20-15(23)18-7)25-6-11(21)19-10-4-3-8(17)5-9(10)16/h3-5H,6H2,1-2H3,(H,19,21)(H,18,20,23). The van der Waals surface area contributed by atoms with Gasteiger partial charge in [-0.15, -0.1) is 0 Å². The minimum absolute atomic E-state index is 0.0544. The lowest BCUT2D eigenvalue weighted by atomic mass is 10.2. The Morgan fingerprint density at radius 2 is 2.16 bits per heavy atom. The zero-order valence-corrected chi connectivity index (χ0v) is 14.8. The second-order valence-electron chi connectivity index (χ2n) is 4.80. The third-order valence-electron chi connectivity index (χ3n) is 3.02. The first kappa shape index (κ1) is 18.9. The van der Waals surface area contributed by atoms with Gasteiger partial charge in [-0.1, -0.05) is 23.4 Å². The van der Waals surface area contributed by atoms with Gasteiger partial charge in [-0.3, -0.25) is 4.79 Å². The van der Waals surface area contributed by atoms with Crippen molar-refractivity contribution in [2.45, 2.75) is 11.9 Å². The van der Waals surface area contributed by atoms with Gasteiger partial charge < -0.3 is 15.0 Å². The van der Waals surface area contributed by atoms with Crippen molar-refractivity contribution in [1.82, 2.24) is 9.97 Å². The molecular weight excluding hydrogens is 373 g/mol. The van der Waals surface area contributed by atoms with Gasteiger partial charge in [-0.05, 0) is 25.1 Å². The van der Waals surface area contributed by atoms with Crippen molar-refractivity contribution in [2.75, 3.05) is 18.2 Å². The first-order valence-corrected chi connectivity index (χ1v) is 8.25. The maximum Gasteiger partial charge on any atom is 0.346 e. The fourth-order valence-electron chi connectivity index (χ4n) is 1.92. The van der Waals surface area contributed by atoms with E-state index in [0.717, 1.165) is 23.9 Å². The molecule has 0 radical (unpaired) electrons. The fraction of sp³-hybridized carbons (Fsp3) is 0.200. The number of ether oxygens (including phenoxy) is 1. The molecule has 0 aliphatic rings. The van der Waals surface area contributed by atoms with Crippen LogP contribution >= 0.6 is 23.4 Å². The third-order valence-corrected chi connectivity index (χ3v) is 4.31. The van der Waals surface area contributed by atoms with Crippen molar-refractivity contribution in [1.29, 1.82) is 0 Å². The van der Waals surface area contributed by atoms with Gasteiger partial charge >= 0.3 is 11.7 Å². The molecule has 0 saturated carbocycles. The normalized spacial score (nSPS) is 10.4. The molecule has 1 aromatic heterocycles. The number of hydrogen-bond donors (Lipinski definition) is 2. The van der Waals surface area contributed by atoms with Crippen molar-refractivity contribution in [2.24, 2.45) is 0 Å². The molecule has 1 heterocycles. The Hall–Kier alpha value is -2.39. The molecule has 10 heteroatoms. The van der Waals surface area contributed by atoms with E-state index >= 15 is 0 Å². The number of benzene rings is 1. The molecule has 0 unspecified atom stereocenters. The first-order valence-electron chi connectivity index (χ1n) is 6.88. The Morgan fingerprint density at radius 3 is 2.80 bits per heavy atom. The summed E-state index contributed by atoms with van der Waals surface area (Å²) in [6, 6.07) is 3.56. The Kier molecular flexibility index (Phi) is 6.16. The molecule has 0 atom stereocenters. The van der Waals surface area contributed by atoms with Crippen LogP contribution in [0.5, 0.6) is 0 Å². The summed E-state index contributed by atoms with van der Waals surface area (Å²) in [6.07, 6.45) is 0. The molecule has 2 rings (SSSR count). The summed E-state index contributed by atoms with van der Waals surface area (Å²) in [5, 5.41) is 2.64. The predicted octanol–water partition coefficient (Wildman–Crippen LogP) is 2.39. The summed E-state index contributed by atoms with van der Waals surface area (Å²) in [5.74, 6) is -1.81. The van der Waals surface area contributed by atoms with Crippen LogP contribution in [-0.2, 0) is 9.53 Å². The van der Waals surface area contributed by atoms with E-state index in [1.165, 1.54) is 20.1 Å². The number of aromatic nitrogens is 2. The second-order valence-corrected chi connectivity index (χ2v) is 6.17. The molecule has 0 fully saturated rings. The minimum atomic E-state index is -0.675. The third kappa shape index (κ3) is 4.80. The number of amides is 1. The maximum absolute atomic E-state index is 13.0. The number of nitrogens with zero attached hydrogens (tertiary/aromatic N) is 1. The Morgan fingerprint density at radius 1 is 1.44 bits per heavy atom. The summed E-state index contributed by atoms with van der Waals surface area (Å²) in [7, 11) is 1.20. The quantitative estimate of drug-likeness (QED) is 0.465. The van der Waals surface area contributed by atoms with Gasteiger partial charge in [-0.2, -0.15) is 4.98 Å². The molecule has 0 aliphatic heterocycles. The van der Waals surface area contributed by atoms with Crippen LogP contribution in [0.2, 0.25) is 5.02 Å². The van der Waals surface area contributed by atoms with E-state index in [0.29, 0.717) is 0 Å². The number of aromatic amines is 1. The highest BCUT2D eigenvalue weighted by Crippen LogP contribution is 2.24. The number of carbonyl (C=O) groups excluding carboxylic acids is 2. The van der Waals surface area contributed by atoms with E-state index in [1.54, 1.807) is 0 Å². The average Bonchev–Trinajstić information content (AvgIpc) is 2.54. The Labute approximate surface area is 150 Å². The van der Waals surface area contributed by atoms with Crippen molar-refractivity contribution < 1.29 is 18.7 Å². The van der Waals surface area contributed by atoms with Crippen molar-refractivity contribution in [3.05, 3.63) is 50.8 Å². The molecule has 7 nitrogen and oxygen atoms in total. The van der Waals surface area contributed by atoms with Crippen LogP contribution in [0.25, 0.3) is 0 Å². The maximum atomic E-state index is 13.0. The zero-order chi connectivity index (χ0) is 18.6. The molecule has 0 saturated heterocycles. The molecular formula is C15H13ClFN3O4S. The molecule has 2 N–H and O–H groups in total. The molecule has 0 bridgehead atoms. The van der Waals surface area contributed by atoms with Crippen molar-refractivity contribution in [3.8, 4) is 0 Å². The summed E-state index contributed by atoms with van der Waals surface area (Å²) < 4.78 is 17.7. The SMILES string of the molecule is COC(=O)c1c(SCC(=O)Nc2ccc(F)cc2Cl)nc(=O)[nH]c1C. The van der Waals surface area contributed by atoms with E-state index in [1.807, 2.05) is 0 Å². The van der Waals surface area contributed by atoms with Gasteiger partial charge in [0.1, 0.15) is 16.4 Å². The van der Waals surface area contributed by atoms with E-state index in [9.17, 15) is 18.8 Å². The number of rotatable bonds is 5. The van der Waals surface area contributed by atoms with E-state index in [4.69, 9.17) is 11.6 Å². The highest BCUT2D eigenvalue weighted by Gasteiger charge is 2.19. The van der Waals surface area contributed by atoms with E-state index in [2.05, 4.69) is 20.0 Å². The Bertz CT molecular complexity index is 888. The number of hydrogen-bond acceptors (Lipinski definition) is 6. The summed E-state index contributed by atoms with van der Waals surface area (Å²) in [6.45, 7) is 1.53. The number of nitrogens with one attached hydrogen (secondary N) is 2. The van der Waals surface area contributed by atoms with Crippen LogP contribution in [0, 0.1) is 12.7 Å². The largest absolute Gasteiger partial charge is 0.465 e. The summed E-state index contributed by atoms with van der Waals surface area (Å²) in [5.41, 5.74) is -0.0254. The number of aryl methyl sites for hydroxylation is 1. The number of carbonyl (C=O) groups is 2. The highest BCUT2D eigenvalue weighted by molar-refractivity contribution is 8.00. The number of methoxy groups -OCH3 is 1.